The van der Waals surface area contributed by atoms with Gasteiger partial charge >= 0.3 is 5.97 Å². The zero-order chi connectivity index (χ0) is 20.1. The summed E-state index contributed by atoms with van der Waals surface area (Å²) < 4.78 is 15.7. The van der Waals surface area contributed by atoms with E-state index in [2.05, 4.69) is 5.32 Å². The molecule has 1 aliphatic heterocycles. The van der Waals surface area contributed by atoms with Crippen LogP contribution in [0.5, 0.6) is 0 Å². The number of nitrogens with zero attached hydrogens (tertiary/aromatic N) is 1. The topological polar surface area (TPSA) is 71.3 Å². The molecule has 2 heterocycles. The molecule has 0 amide bonds. The predicted octanol–water partition coefficient (Wildman–Crippen LogP) is 3.75. The molecule has 148 valence electrons. The fourth-order valence-electron chi connectivity index (χ4n) is 5.00. The van der Waals surface area contributed by atoms with E-state index in [0.717, 1.165) is 33.4 Å². The quantitative estimate of drug-likeness (QED) is 0.709. The van der Waals surface area contributed by atoms with Crippen molar-refractivity contribution in [1.82, 2.24) is 4.57 Å². The smallest absolute Gasteiger partial charge is 0.323 e. The largest absolute Gasteiger partial charge is 0.480 e. The number of aromatic nitrogens is 1. The molecule has 2 aliphatic rings. The van der Waals surface area contributed by atoms with E-state index in [0.29, 0.717) is 25.8 Å². The van der Waals surface area contributed by atoms with E-state index in [1.54, 1.807) is 10.6 Å². The summed E-state index contributed by atoms with van der Waals surface area (Å²) in [7, 11) is 0. The molecule has 2 atom stereocenters. The molecule has 0 saturated heterocycles. The van der Waals surface area contributed by atoms with Gasteiger partial charge < -0.3 is 15.0 Å². The van der Waals surface area contributed by atoms with Crippen molar-refractivity contribution in [3.63, 3.8) is 0 Å². The monoisotopic (exact) mass is 392 g/mol. The number of carbonyl (C=O) groups excluding carboxylic acids is 1. The molecule has 6 heteroatoms. The molecule has 2 aromatic carbocycles. The highest BCUT2D eigenvalue weighted by molar-refractivity contribution is 5.93. The highest BCUT2D eigenvalue weighted by atomic mass is 19.1. The van der Waals surface area contributed by atoms with Crippen LogP contribution in [0.15, 0.2) is 42.5 Å². The van der Waals surface area contributed by atoms with Crippen LogP contribution < -0.4 is 5.32 Å². The van der Waals surface area contributed by atoms with Gasteiger partial charge in [-0.1, -0.05) is 18.2 Å². The number of Topliss-reactive ketones (excluding diaryl/α,β-unsaturated/α-hetero) is 1. The summed E-state index contributed by atoms with van der Waals surface area (Å²) >= 11 is 0. The normalized spacial score (nSPS) is 20.2. The maximum absolute atomic E-state index is 13.9. The van der Waals surface area contributed by atoms with Gasteiger partial charge in [-0.25, -0.2) is 4.39 Å². The third-order valence-corrected chi connectivity index (χ3v) is 6.30. The number of hydrogen-bond donors (Lipinski definition) is 2. The summed E-state index contributed by atoms with van der Waals surface area (Å²) in [6.07, 6.45) is 1.83. The zero-order valence-electron chi connectivity index (χ0n) is 15.8. The number of fused-ring (bicyclic) bond motifs is 4. The van der Waals surface area contributed by atoms with E-state index in [1.807, 2.05) is 24.3 Å². The zero-order valence-corrected chi connectivity index (χ0v) is 15.8. The van der Waals surface area contributed by atoms with Crippen LogP contribution in [-0.2, 0) is 29.0 Å². The molecule has 1 aliphatic carbocycles. The second kappa shape index (κ2) is 6.72. The van der Waals surface area contributed by atoms with Gasteiger partial charge in [0.05, 0.1) is 5.92 Å². The summed E-state index contributed by atoms with van der Waals surface area (Å²) in [6, 6.07) is 12.4. The van der Waals surface area contributed by atoms with Crippen LogP contribution in [0, 0.1) is 11.7 Å². The second-order valence-electron chi connectivity index (χ2n) is 7.93. The van der Waals surface area contributed by atoms with Crippen LogP contribution in [0.4, 0.5) is 10.1 Å². The third kappa shape index (κ3) is 2.90. The van der Waals surface area contributed by atoms with Crippen molar-refractivity contribution in [1.29, 1.82) is 0 Å². The summed E-state index contributed by atoms with van der Waals surface area (Å²) in [4.78, 5) is 24.7. The summed E-state index contributed by atoms with van der Waals surface area (Å²) in [6.45, 7) is 0.451. The molecule has 1 aromatic heterocycles. The average Bonchev–Trinajstić information content (AvgIpc) is 3.27. The molecule has 2 unspecified atom stereocenters. The van der Waals surface area contributed by atoms with Crippen molar-refractivity contribution < 1.29 is 19.1 Å². The number of ketones is 1. The van der Waals surface area contributed by atoms with Crippen molar-refractivity contribution >= 4 is 28.3 Å². The Morgan fingerprint density at radius 1 is 1.21 bits per heavy atom. The standard InChI is InChI=1S/C23H21FN2O3/c24-14-6-8-21-17(10-14)16-9-13(5-7-20(16)26(21)12-22(27)28)23(29)18-11-25-19-4-2-1-3-15(18)19/h1-4,6,8,10,13,18,25H,5,7,9,11-12H2,(H,27,28). The van der Waals surface area contributed by atoms with Gasteiger partial charge in [-0.15, -0.1) is 0 Å². The predicted molar refractivity (Wildman–Crippen MR) is 108 cm³/mol. The third-order valence-electron chi connectivity index (χ3n) is 6.30. The maximum atomic E-state index is 13.9. The first-order chi connectivity index (χ1) is 14.0. The number of hydrogen-bond acceptors (Lipinski definition) is 3. The average molecular weight is 392 g/mol. The van der Waals surface area contributed by atoms with Gasteiger partial charge in [-0.3, -0.25) is 9.59 Å². The Morgan fingerprint density at radius 3 is 2.86 bits per heavy atom. The van der Waals surface area contributed by atoms with Crippen LogP contribution in [0.2, 0.25) is 0 Å². The van der Waals surface area contributed by atoms with E-state index in [-0.39, 0.29) is 30.0 Å². The first kappa shape index (κ1) is 17.9. The van der Waals surface area contributed by atoms with Gasteiger partial charge in [0.25, 0.3) is 0 Å². The van der Waals surface area contributed by atoms with E-state index >= 15 is 0 Å². The van der Waals surface area contributed by atoms with E-state index in [1.165, 1.54) is 12.1 Å². The van der Waals surface area contributed by atoms with Gasteiger partial charge in [0.1, 0.15) is 18.1 Å². The Kier molecular flexibility index (Phi) is 4.15. The molecule has 0 saturated carbocycles. The number of carbonyl (C=O) groups is 2. The van der Waals surface area contributed by atoms with Crippen LogP contribution in [0.3, 0.4) is 0 Å². The molecular formula is C23H21FN2O3. The van der Waals surface area contributed by atoms with Gasteiger partial charge in [-0.2, -0.15) is 0 Å². The lowest BCUT2D eigenvalue weighted by molar-refractivity contribution is -0.137. The molecule has 0 fully saturated rings. The van der Waals surface area contributed by atoms with E-state index in [9.17, 15) is 19.1 Å². The number of carboxylic acid groups (broad SMARTS) is 1. The number of nitrogens with one attached hydrogen (secondary N) is 1. The van der Waals surface area contributed by atoms with Gasteiger partial charge in [0.2, 0.25) is 0 Å². The van der Waals surface area contributed by atoms with Crippen molar-refractivity contribution in [2.75, 3.05) is 11.9 Å². The van der Waals surface area contributed by atoms with Crippen molar-refractivity contribution in [3.8, 4) is 0 Å². The van der Waals surface area contributed by atoms with Crippen molar-refractivity contribution in [3.05, 3.63) is 65.1 Å². The fourth-order valence-corrected chi connectivity index (χ4v) is 5.00. The fraction of sp³-hybridized carbons (Fsp3) is 0.304. The summed E-state index contributed by atoms with van der Waals surface area (Å²) in [5, 5.41) is 13.4. The highest BCUT2D eigenvalue weighted by Gasteiger charge is 2.36. The molecule has 5 nitrogen and oxygen atoms in total. The van der Waals surface area contributed by atoms with Gasteiger partial charge in [0.15, 0.2) is 0 Å². The summed E-state index contributed by atoms with van der Waals surface area (Å²) in [5.41, 5.74) is 4.62. The molecule has 0 bridgehead atoms. The number of carboxylic acids is 1. The SMILES string of the molecule is O=C(O)Cn1c2c(c3cc(F)ccc31)CC(C(=O)C1CNc3ccccc31)CC2. The molecule has 0 radical (unpaired) electrons. The summed E-state index contributed by atoms with van der Waals surface area (Å²) in [5.74, 6) is -1.38. The van der Waals surface area contributed by atoms with Crippen molar-refractivity contribution in [2.45, 2.75) is 31.7 Å². The molecule has 29 heavy (non-hydrogen) atoms. The maximum Gasteiger partial charge on any atom is 0.323 e. The Hall–Kier alpha value is -3.15. The van der Waals surface area contributed by atoms with E-state index < -0.39 is 5.97 Å². The highest BCUT2D eigenvalue weighted by Crippen LogP contribution is 2.39. The Labute approximate surface area is 167 Å². The number of anilines is 1. The minimum absolute atomic E-state index is 0.146. The number of aliphatic carboxylic acids is 1. The van der Waals surface area contributed by atoms with E-state index in [4.69, 9.17) is 0 Å². The molecular weight excluding hydrogens is 371 g/mol. The Balaban J connectivity index is 1.51. The molecule has 0 spiro atoms. The first-order valence-electron chi connectivity index (χ1n) is 9.90. The Morgan fingerprint density at radius 2 is 2.03 bits per heavy atom. The number of halogens is 1. The Bertz CT molecular complexity index is 1150. The number of para-hydroxylation sites is 1. The number of rotatable bonds is 4. The lowest BCUT2D eigenvalue weighted by Crippen LogP contribution is -2.29. The minimum atomic E-state index is -0.930. The lowest BCUT2D eigenvalue weighted by atomic mass is 9.78. The molecule has 3 aromatic rings. The second-order valence-corrected chi connectivity index (χ2v) is 7.93. The van der Waals surface area contributed by atoms with Crippen molar-refractivity contribution in [2.24, 2.45) is 5.92 Å². The van der Waals surface area contributed by atoms with Crippen LogP contribution in [0.1, 0.15) is 29.2 Å². The van der Waals surface area contributed by atoms with Crippen LogP contribution in [-0.4, -0.2) is 28.0 Å². The lowest BCUT2D eigenvalue weighted by Gasteiger charge is -2.25. The minimum Gasteiger partial charge on any atom is -0.480 e. The molecule has 5 rings (SSSR count). The van der Waals surface area contributed by atoms with Gasteiger partial charge in [-0.05, 0) is 54.7 Å². The number of benzene rings is 2. The van der Waals surface area contributed by atoms with Crippen LogP contribution >= 0.6 is 0 Å². The van der Waals surface area contributed by atoms with Crippen LogP contribution in [0.25, 0.3) is 10.9 Å². The molecule has 2 N–H and O–H groups in total. The first-order valence-corrected chi connectivity index (χ1v) is 9.90. The van der Waals surface area contributed by atoms with Gasteiger partial charge in [0, 0.05) is 34.7 Å².